The van der Waals surface area contributed by atoms with Crippen molar-refractivity contribution in [3.8, 4) is 0 Å². The lowest BCUT2D eigenvalue weighted by Crippen LogP contribution is -2.36. The van der Waals surface area contributed by atoms with E-state index in [1.165, 1.54) is 11.1 Å². The van der Waals surface area contributed by atoms with Crippen LogP contribution in [0.1, 0.15) is 42.1 Å². The second kappa shape index (κ2) is 9.08. The number of aromatic nitrogens is 2. The molecule has 0 bridgehead atoms. The molecule has 0 atom stereocenters. The Morgan fingerprint density at radius 1 is 1.28 bits per heavy atom. The van der Waals surface area contributed by atoms with Crippen LogP contribution in [-0.2, 0) is 17.7 Å². The van der Waals surface area contributed by atoms with Gasteiger partial charge in [0.2, 0.25) is 5.89 Å². The molecule has 1 aliphatic rings. The summed E-state index contributed by atoms with van der Waals surface area (Å²) in [4.78, 5) is 6.87. The number of benzene rings is 1. The SMILES string of the molecule is Cc1ccccc1Cc1noc(CN2CCC(OCCCO)CC2)n1. The molecule has 6 nitrogen and oxygen atoms in total. The zero-order valence-electron chi connectivity index (χ0n) is 14.9. The minimum atomic E-state index is 0.195. The molecule has 3 rings (SSSR count). The number of hydrogen-bond donors (Lipinski definition) is 1. The maximum absolute atomic E-state index is 8.80. The number of aliphatic hydroxyl groups excluding tert-OH is 1. The monoisotopic (exact) mass is 345 g/mol. The highest BCUT2D eigenvalue weighted by atomic mass is 16.5. The minimum Gasteiger partial charge on any atom is -0.396 e. The molecule has 136 valence electrons. The van der Waals surface area contributed by atoms with E-state index in [4.69, 9.17) is 14.4 Å². The standard InChI is InChI=1S/C19H27N3O3/c1-15-5-2-3-6-16(15)13-18-20-19(25-21-18)14-22-9-7-17(8-10-22)24-12-4-11-23/h2-3,5-6,17,23H,4,7-14H2,1H3. The molecule has 1 aliphatic heterocycles. The lowest BCUT2D eigenvalue weighted by molar-refractivity contribution is -0.000876. The first-order chi connectivity index (χ1) is 12.2. The molecule has 0 aliphatic carbocycles. The molecule has 2 heterocycles. The third-order valence-electron chi connectivity index (χ3n) is 4.67. The molecule has 1 N–H and O–H groups in total. The topological polar surface area (TPSA) is 71.6 Å². The summed E-state index contributed by atoms with van der Waals surface area (Å²) in [6.45, 7) is 5.58. The van der Waals surface area contributed by atoms with Crippen LogP contribution in [-0.4, -0.2) is 52.6 Å². The van der Waals surface area contributed by atoms with E-state index in [2.05, 4.69) is 34.1 Å². The van der Waals surface area contributed by atoms with Crippen LogP contribution in [0.4, 0.5) is 0 Å². The van der Waals surface area contributed by atoms with Crippen LogP contribution in [0, 0.1) is 6.92 Å². The zero-order chi connectivity index (χ0) is 17.5. The predicted octanol–water partition coefficient (Wildman–Crippen LogP) is 2.33. The van der Waals surface area contributed by atoms with Crippen molar-refractivity contribution in [1.82, 2.24) is 15.0 Å². The van der Waals surface area contributed by atoms with E-state index in [-0.39, 0.29) is 6.61 Å². The van der Waals surface area contributed by atoms with Gasteiger partial charge in [-0.3, -0.25) is 4.90 Å². The van der Waals surface area contributed by atoms with Gasteiger partial charge in [0, 0.05) is 32.7 Å². The molecule has 0 amide bonds. The van der Waals surface area contributed by atoms with Gasteiger partial charge in [-0.2, -0.15) is 4.98 Å². The molecule has 0 saturated carbocycles. The average molecular weight is 345 g/mol. The van der Waals surface area contributed by atoms with E-state index in [9.17, 15) is 0 Å². The van der Waals surface area contributed by atoms with Crippen molar-refractivity contribution >= 4 is 0 Å². The van der Waals surface area contributed by atoms with Gasteiger partial charge in [-0.15, -0.1) is 0 Å². The zero-order valence-corrected chi connectivity index (χ0v) is 14.9. The first-order valence-corrected chi connectivity index (χ1v) is 9.05. The normalized spacial score (nSPS) is 16.4. The number of ether oxygens (including phenoxy) is 1. The van der Waals surface area contributed by atoms with E-state index in [0.717, 1.165) is 31.8 Å². The molecule has 1 aromatic heterocycles. The molecule has 0 radical (unpaired) electrons. The molecule has 1 fully saturated rings. The summed E-state index contributed by atoms with van der Waals surface area (Å²) >= 11 is 0. The number of nitrogens with zero attached hydrogens (tertiary/aromatic N) is 3. The highest BCUT2D eigenvalue weighted by molar-refractivity contribution is 5.27. The molecule has 1 aromatic carbocycles. The Bertz CT molecular complexity index is 651. The van der Waals surface area contributed by atoms with Crippen LogP contribution in [0.15, 0.2) is 28.8 Å². The second-order valence-electron chi connectivity index (χ2n) is 6.63. The fourth-order valence-corrected chi connectivity index (χ4v) is 3.14. The molecule has 0 spiro atoms. The van der Waals surface area contributed by atoms with Crippen LogP contribution in [0.25, 0.3) is 0 Å². The van der Waals surface area contributed by atoms with E-state index in [1.54, 1.807) is 0 Å². The fraction of sp³-hybridized carbons (Fsp3) is 0.579. The van der Waals surface area contributed by atoms with Gasteiger partial charge in [0.05, 0.1) is 12.6 Å². The van der Waals surface area contributed by atoms with Crippen molar-refractivity contribution in [3.05, 3.63) is 47.1 Å². The predicted molar refractivity (Wildman–Crippen MR) is 94.2 cm³/mol. The van der Waals surface area contributed by atoms with Gasteiger partial charge >= 0.3 is 0 Å². The summed E-state index contributed by atoms with van der Waals surface area (Å²) in [6, 6.07) is 8.28. The number of likely N-dealkylation sites (tertiary alicyclic amines) is 1. The van der Waals surface area contributed by atoms with Crippen molar-refractivity contribution in [2.24, 2.45) is 0 Å². The van der Waals surface area contributed by atoms with Crippen molar-refractivity contribution < 1.29 is 14.4 Å². The van der Waals surface area contributed by atoms with Crippen molar-refractivity contribution in [2.75, 3.05) is 26.3 Å². The molecular weight excluding hydrogens is 318 g/mol. The van der Waals surface area contributed by atoms with Gasteiger partial charge in [-0.05, 0) is 37.3 Å². The van der Waals surface area contributed by atoms with Gasteiger partial charge in [-0.1, -0.05) is 29.4 Å². The molecule has 6 heteroatoms. The second-order valence-corrected chi connectivity index (χ2v) is 6.63. The first-order valence-electron chi connectivity index (χ1n) is 9.05. The Hall–Kier alpha value is -1.76. The summed E-state index contributed by atoms with van der Waals surface area (Å²) < 4.78 is 11.2. The minimum absolute atomic E-state index is 0.195. The van der Waals surface area contributed by atoms with Gasteiger partial charge in [0.1, 0.15) is 0 Å². The third-order valence-corrected chi connectivity index (χ3v) is 4.67. The van der Waals surface area contributed by atoms with Crippen LogP contribution < -0.4 is 0 Å². The van der Waals surface area contributed by atoms with Crippen LogP contribution >= 0.6 is 0 Å². The first kappa shape index (κ1) is 18.0. The largest absolute Gasteiger partial charge is 0.396 e. The Labute approximate surface area is 148 Å². The van der Waals surface area contributed by atoms with Crippen molar-refractivity contribution in [1.29, 1.82) is 0 Å². The smallest absolute Gasteiger partial charge is 0.240 e. The Morgan fingerprint density at radius 3 is 2.84 bits per heavy atom. The van der Waals surface area contributed by atoms with Crippen LogP contribution in [0.3, 0.4) is 0 Å². The van der Waals surface area contributed by atoms with E-state index in [0.29, 0.717) is 38.0 Å². The van der Waals surface area contributed by atoms with Gasteiger partial charge in [-0.25, -0.2) is 0 Å². The number of rotatable bonds is 8. The summed E-state index contributed by atoms with van der Waals surface area (Å²) in [5.41, 5.74) is 2.48. The number of hydrogen-bond acceptors (Lipinski definition) is 6. The number of aliphatic hydroxyl groups is 1. The van der Waals surface area contributed by atoms with E-state index < -0.39 is 0 Å². The summed E-state index contributed by atoms with van der Waals surface area (Å²) in [5, 5.41) is 12.9. The fourth-order valence-electron chi connectivity index (χ4n) is 3.14. The third kappa shape index (κ3) is 5.36. The average Bonchev–Trinajstić information content (AvgIpc) is 3.06. The Kier molecular flexibility index (Phi) is 6.55. The lowest BCUT2D eigenvalue weighted by Gasteiger charge is -2.30. The van der Waals surface area contributed by atoms with E-state index in [1.807, 2.05) is 12.1 Å². The maximum Gasteiger partial charge on any atom is 0.240 e. The Morgan fingerprint density at radius 2 is 2.08 bits per heavy atom. The number of aryl methyl sites for hydroxylation is 1. The summed E-state index contributed by atoms with van der Waals surface area (Å²) in [5.74, 6) is 1.43. The molecule has 0 unspecified atom stereocenters. The van der Waals surface area contributed by atoms with Gasteiger partial charge < -0.3 is 14.4 Å². The quantitative estimate of drug-likeness (QED) is 0.741. The van der Waals surface area contributed by atoms with Crippen LogP contribution in [0.2, 0.25) is 0 Å². The highest BCUT2D eigenvalue weighted by Crippen LogP contribution is 2.17. The molecular formula is C19H27N3O3. The Balaban J connectivity index is 1.45. The van der Waals surface area contributed by atoms with Gasteiger partial charge in [0.25, 0.3) is 0 Å². The van der Waals surface area contributed by atoms with E-state index >= 15 is 0 Å². The van der Waals surface area contributed by atoms with Crippen molar-refractivity contribution in [3.63, 3.8) is 0 Å². The summed E-state index contributed by atoms with van der Waals surface area (Å²) in [7, 11) is 0. The lowest BCUT2D eigenvalue weighted by atomic mass is 10.1. The number of piperidine rings is 1. The molecule has 2 aromatic rings. The summed E-state index contributed by atoms with van der Waals surface area (Å²) in [6.07, 6.45) is 3.75. The van der Waals surface area contributed by atoms with Crippen molar-refractivity contribution in [2.45, 2.75) is 45.3 Å². The van der Waals surface area contributed by atoms with Crippen LogP contribution in [0.5, 0.6) is 0 Å². The van der Waals surface area contributed by atoms with Gasteiger partial charge in [0.15, 0.2) is 5.82 Å². The molecule has 1 saturated heterocycles. The molecule has 25 heavy (non-hydrogen) atoms. The maximum atomic E-state index is 8.80. The highest BCUT2D eigenvalue weighted by Gasteiger charge is 2.21.